The summed E-state index contributed by atoms with van der Waals surface area (Å²) < 4.78 is 0. The fraction of sp³-hybridized carbons (Fsp3) is 0.667. The summed E-state index contributed by atoms with van der Waals surface area (Å²) in [7, 11) is 0. The average Bonchev–Trinajstić information content (AvgIpc) is 2.21. The molecule has 0 aromatic heterocycles. The molecule has 0 radical (unpaired) electrons. The summed E-state index contributed by atoms with van der Waals surface area (Å²) in [5.41, 5.74) is 0.333. The number of rotatable bonds is 8. The van der Waals surface area contributed by atoms with Crippen molar-refractivity contribution in [1.82, 2.24) is 5.32 Å². The van der Waals surface area contributed by atoms with Crippen molar-refractivity contribution in [2.45, 2.75) is 52.0 Å². The maximum atomic E-state index is 11.3. The van der Waals surface area contributed by atoms with E-state index in [0.29, 0.717) is 12.0 Å². The van der Waals surface area contributed by atoms with E-state index < -0.39 is 12.0 Å². The normalized spacial score (nSPS) is 11.9. The van der Waals surface area contributed by atoms with Gasteiger partial charge in [0.2, 0.25) is 5.91 Å². The first-order valence-corrected chi connectivity index (χ1v) is 5.68. The largest absolute Gasteiger partial charge is 0.480 e. The van der Waals surface area contributed by atoms with Crippen LogP contribution in [0.1, 0.15) is 46.0 Å². The van der Waals surface area contributed by atoms with Gasteiger partial charge >= 0.3 is 5.97 Å². The van der Waals surface area contributed by atoms with E-state index in [4.69, 9.17) is 5.11 Å². The number of carboxylic acid groups (broad SMARTS) is 1. The summed E-state index contributed by atoms with van der Waals surface area (Å²) in [5.74, 6) is -1.37. The van der Waals surface area contributed by atoms with E-state index in [1.54, 1.807) is 6.92 Å². The molecule has 2 N–H and O–H groups in total. The molecule has 0 saturated heterocycles. The monoisotopic (exact) mass is 227 g/mol. The van der Waals surface area contributed by atoms with E-state index in [1.165, 1.54) is 0 Å². The van der Waals surface area contributed by atoms with Gasteiger partial charge in [0.15, 0.2) is 0 Å². The molecule has 92 valence electrons. The number of carbonyl (C=O) groups is 2. The molecule has 0 aliphatic rings. The van der Waals surface area contributed by atoms with Crippen LogP contribution in [0.2, 0.25) is 0 Å². The van der Waals surface area contributed by atoms with E-state index >= 15 is 0 Å². The van der Waals surface area contributed by atoms with Gasteiger partial charge in [0.25, 0.3) is 0 Å². The third-order valence-electron chi connectivity index (χ3n) is 2.34. The van der Waals surface area contributed by atoms with Crippen LogP contribution in [0, 0.1) is 0 Å². The molecule has 0 heterocycles. The molecule has 1 unspecified atom stereocenters. The second kappa shape index (κ2) is 7.91. The van der Waals surface area contributed by atoms with Crippen LogP contribution in [0.3, 0.4) is 0 Å². The Morgan fingerprint density at radius 1 is 1.31 bits per heavy atom. The molecule has 1 amide bonds. The molecule has 0 aromatic rings. The molecular weight excluding hydrogens is 206 g/mol. The minimum atomic E-state index is -0.980. The van der Waals surface area contributed by atoms with Crippen molar-refractivity contribution in [2.24, 2.45) is 0 Å². The van der Waals surface area contributed by atoms with Crippen molar-refractivity contribution in [3.8, 4) is 0 Å². The maximum Gasteiger partial charge on any atom is 0.326 e. The van der Waals surface area contributed by atoms with Gasteiger partial charge in [0, 0.05) is 5.57 Å². The number of nitrogens with one attached hydrogen (secondary N) is 1. The third kappa shape index (κ3) is 6.22. The lowest BCUT2D eigenvalue weighted by Crippen LogP contribution is -2.40. The smallest absolute Gasteiger partial charge is 0.326 e. The first-order chi connectivity index (χ1) is 7.49. The van der Waals surface area contributed by atoms with Crippen LogP contribution in [0.25, 0.3) is 0 Å². The second-order valence-corrected chi connectivity index (χ2v) is 3.99. The Balaban J connectivity index is 4.03. The summed E-state index contributed by atoms with van der Waals surface area (Å²) >= 11 is 0. The highest BCUT2D eigenvalue weighted by Crippen LogP contribution is 2.06. The Hall–Kier alpha value is -1.32. The van der Waals surface area contributed by atoms with Gasteiger partial charge in [-0.2, -0.15) is 0 Å². The number of hydrogen-bond donors (Lipinski definition) is 2. The van der Waals surface area contributed by atoms with E-state index in [1.807, 2.05) is 0 Å². The Kier molecular flexibility index (Phi) is 7.25. The van der Waals surface area contributed by atoms with Crippen molar-refractivity contribution in [3.05, 3.63) is 12.2 Å². The molecule has 0 spiro atoms. The lowest BCUT2D eigenvalue weighted by atomic mass is 10.1. The first-order valence-electron chi connectivity index (χ1n) is 5.68. The van der Waals surface area contributed by atoms with Gasteiger partial charge in [-0.3, -0.25) is 4.79 Å². The quantitative estimate of drug-likeness (QED) is 0.493. The summed E-state index contributed by atoms with van der Waals surface area (Å²) in [5, 5.41) is 11.4. The topological polar surface area (TPSA) is 66.4 Å². The molecule has 4 heteroatoms. The molecule has 16 heavy (non-hydrogen) atoms. The third-order valence-corrected chi connectivity index (χ3v) is 2.34. The molecule has 0 aromatic carbocycles. The lowest BCUT2D eigenvalue weighted by Gasteiger charge is -2.14. The summed E-state index contributed by atoms with van der Waals surface area (Å²) in [4.78, 5) is 22.1. The zero-order valence-corrected chi connectivity index (χ0v) is 10.1. The summed E-state index contributed by atoms with van der Waals surface area (Å²) in [6.07, 6.45) is 4.51. The van der Waals surface area contributed by atoms with Gasteiger partial charge in [-0.1, -0.05) is 39.2 Å². The molecule has 0 aliphatic heterocycles. The van der Waals surface area contributed by atoms with Gasteiger partial charge < -0.3 is 10.4 Å². The first kappa shape index (κ1) is 14.7. The van der Waals surface area contributed by atoms with Crippen molar-refractivity contribution in [3.63, 3.8) is 0 Å². The van der Waals surface area contributed by atoms with Crippen molar-refractivity contribution < 1.29 is 14.7 Å². The highest BCUT2D eigenvalue weighted by atomic mass is 16.4. The molecule has 0 bridgehead atoms. The fourth-order valence-corrected chi connectivity index (χ4v) is 1.31. The van der Waals surface area contributed by atoms with E-state index in [-0.39, 0.29) is 5.91 Å². The van der Waals surface area contributed by atoms with E-state index in [0.717, 1.165) is 25.7 Å². The van der Waals surface area contributed by atoms with Crippen LogP contribution >= 0.6 is 0 Å². The number of carbonyl (C=O) groups excluding carboxylic acids is 1. The average molecular weight is 227 g/mol. The van der Waals surface area contributed by atoms with Crippen LogP contribution in [0.4, 0.5) is 0 Å². The SMILES string of the molecule is C=C(C)C(=O)NC(CCCCCC)C(=O)O. The van der Waals surface area contributed by atoms with Crippen LogP contribution in [-0.2, 0) is 9.59 Å². The number of hydrogen-bond acceptors (Lipinski definition) is 2. The van der Waals surface area contributed by atoms with Crippen LogP contribution in [0.5, 0.6) is 0 Å². The molecule has 1 atom stereocenters. The van der Waals surface area contributed by atoms with E-state index in [9.17, 15) is 9.59 Å². The van der Waals surface area contributed by atoms with Crippen LogP contribution in [0.15, 0.2) is 12.2 Å². The molecule has 0 fully saturated rings. The Morgan fingerprint density at radius 2 is 1.94 bits per heavy atom. The zero-order chi connectivity index (χ0) is 12.6. The zero-order valence-electron chi connectivity index (χ0n) is 10.1. The standard InChI is InChI=1S/C12H21NO3/c1-4-5-6-7-8-10(12(15)16)13-11(14)9(2)3/h10H,2,4-8H2,1,3H3,(H,13,14)(H,15,16). The molecular formula is C12H21NO3. The van der Waals surface area contributed by atoms with Gasteiger partial charge in [0.05, 0.1) is 0 Å². The molecule has 0 aliphatic carbocycles. The van der Waals surface area contributed by atoms with Crippen molar-refractivity contribution >= 4 is 11.9 Å². The maximum absolute atomic E-state index is 11.3. The second-order valence-electron chi connectivity index (χ2n) is 3.99. The molecule has 4 nitrogen and oxygen atoms in total. The minimum Gasteiger partial charge on any atom is -0.480 e. The van der Waals surface area contributed by atoms with Crippen LogP contribution in [-0.4, -0.2) is 23.0 Å². The fourth-order valence-electron chi connectivity index (χ4n) is 1.31. The van der Waals surface area contributed by atoms with Crippen molar-refractivity contribution in [1.29, 1.82) is 0 Å². The van der Waals surface area contributed by atoms with Gasteiger partial charge in [-0.25, -0.2) is 4.79 Å². The predicted molar refractivity (Wildman–Crippen MR) is 63.1 cm³/mol. The number of carboxylic acids is 1. The summed E-state index contributed by atoms with van der Waals surface area (Å²) in [6.45, 7) is 7.13. The van der Waals surface area contributed by atoms with Gasteiger partial charge in [-0.15, -0.1) is 0 Å². The summed E-state index contributed by atoms with van der Waals surface area (Å²) in [6, 6.07) is -0.791. The number of unbranched alkanes of at least 4 members (excludes halogenated alkanes) is 3. The van der Waals surface area contributed by atoms with Gasteiger partial charge in [0.1, 0.15) is 6.04 Å². The molecule has 0 rings (SSSR count). The van der Waals surface area contributed by atoms with Crippen LogP contribution < -0.4 is 5.32 Å². The Bertz CT molecular complexity index is 261. The van der Waals surface area contributed by atoms with Gasteiger partial charge in [-0.05, 0) is 13.3 Å². The number of aliphatic carboxylic acids is 1. The predicted octanol–water partition coefficient (Wildman–Crippen LogP) is 2.10. The minimum absolute atomic E-state index is 0.333. The Labute approximate surface area is 96.7 Å². The Morgan fingerprint density at radius 3 is 2.38 bits per heavy atom. The van der Waals surface area contributed by atoms with Crippen molar-refractivity contribution in [2.75, 3.05) is 0 Å². The highest BCUT2D eigenvalue weighted by Gasteiger charge is 2.19. The highest BCUT2D eigenvalue weighted by molar-refractivity contribution is 5.94. The number of amides is 1. The van der Waals surface area contributed by atoms with E-state index in [2.05, 4.69) is 18.8 Å². The molecule has 0 saturated carbocycles. The lowest BCUT2D eigenvalue weighted by molar-refractivity contribution is -0.141.